The van der Waals surface area contributed by atoms with Gasteiger partial charge in [-0.2, -0.15) is 0 Å². The maximum atomic E-state index is 13.2. The molecule has 5 nitrogen and oxygen atoms in total. The topological polar surface area (TPSA) is 58.6 Å². The first-order valence-corrected chi connectivity index (χ1v) is 10.2. The fraction of sp³-hybridized carbons (Fsp3) is 0.417. The maximum Gasteiger partial charge on any atom is 0.242 e. The van der Waals surface area contributed by atoms with Gasteiger partial charge in [-0.3, -0.25) is 9.59 Å². The number of carbonyl (C=O) groups is 2. The van der Waals surface area contributed by atoms with E-state index in [4.69, 9.17) is 4.74 Å². The van der Waals surface area contributed by atoms with Gasteiger partial charge in [0, 0.05) is 13.1 Å². The summed E-state index contributed by atoms with van der Waals surface area (Å²) < 4.78 is 5.18. The molecule has 0 fully saturated rings. The summed E-state index contributed by atoms with van der Waals surface area (Å²) in [4.78, 5) is 27.5. The molecule has 0 aromatic heterocycles. The SMILES string of the molecule is CCCCNC(=O)C(C)N(Cc1ccccc1C)C(=O)Cc1ccc(OC)cc1. The first kappa shape index (κ1) is 22.5. The Balaban J connectivity index is 2.18. The van der Waals surface area contributed by atoms with Gasteiger partial charge in [0.25, 0.3) is 0 Å². The van der Waals surface area contributed by atoms with Gasteiger partial charge in [0.15, 0.2) is 0 Å². The molecule has 29 heavy (non-hydrogen) atoms. The Hall–Kier alpha value is -2.82. The fourth-order valence-corrected chi connectivity index (χ4v) is 3.11. The Morgan fingerprint density at radius 3 is 2.41 bits per heavy atom. The van der Waals surface area contributed by atoms with Gasteiger partial charge in [0.05, 0.1) is 13.5 Å². The van der Waals surface area contributed by atoms with Crippen molar-refractivity contribution in [2.75, 3.05) is 13.7 Å². The molecule has 5 heteroatoms. The summed E-state index contributed by atoms with van der Waals surface area (Å²) in [5.41, 5.74) is 3.04. The molecule has 1 N–H and O–H groups in total. The van der Waals surface area contributed by atoms with Crippen LogP contribution in [0.3, 0.4) is 0 Å². The fourth-order valence-electron chi connectivity index (χ4n) is 3.11. The Bertz CT molecular complexity index is 802. The minimum atomic E-state index is -0.544. The van der Waals surface area contributed by atoms with E-state index in [0.29, 0.717) is 13.1 Å². The number of amides is 2. The van der Waals surface area contributed by atoms with E-state index in [2.05, 4.69) is 12.2 Å². The minimum Gasteiger partial charge on any atom is -0.497 e. The first-order valence-electron chi connectivity index (χ1n) is 10.2. The lowest BCUT2D eigenvalue weighted by atomic mass is 10.1. The summed E-state index contributed by atoms with van der Waals surface area (Å²) in [6.45, 7) is 6.94. The molecule has 2 amide bonds. The molecule has 1 unspecified atom stereocenters. The maximum absolute atomic E-state index is 13.2. The zero-order valence-electron chi connectivity index (χ0n) is 17.9. The summed E-state index contributed by atoms with van der Waals surface area (Å²) in [6.07, 6.45) is 2.18. The van der Waals surface area contributed by atoms with Gasteiger partial charge >= 0.3 is 0 Å². The molecule has 156 valence electrons. The molecule has 2 aromatic carbocycles. The number of aryl methyl sites for hydroxylation is 1. The van der Waals surface area contributed by atoms with Crippen molar-refractivity contribution in [3.8, 4) is 5.75 Å². The Labute approximate surface area is 174 Å². The summed E-state index contributed by atoms with van der Waals surface area (Å²) in [6, 6.07) is 14.9. The van der Waals surface area contributed by atoms with Gasteiger partial charge in [-0.1, -0.05) is 49.7 Å². The molecule has 0 bridgehead atoms. The van der Waals surface area contributed by atoms with Crippen LogP contribution in [0.15, 0.2) is 48.5 Å². The second-order valence-corrected chi connectivity index (χ2v) is 7.29. The largest absolute Gasteiger partial charge is 0.497 e. The van der Waals surface area contributed by atoms with Crippen molar-refractivity contribution in [2.45, 2.75) is 52.6 Å². The lowest BCUT2D eigenvalue weighted by Crippen LogP contribution is -2.48. The van der Waals surface area contributed by atoms with Crippen LogP contribution in [0.25, 0.3) is 0 Å². The monoisotopic (exact) mass is 396 g/mol. The van der Waals surface area contributed by atoms with E-state index in [-0.39, 0.29) is 18.2 Å². The van der Waals surface area contributed by atoms with E-state index in [9.17, 15) is 9.59 Å². The molecule has 0 saturated carbocycles. The van der Waals surface area contributed by atoms with Gasteiger partial charge < -0.3 is 15.0 Å². The number of benzene rings is 2. The highest BCUT2D eigenvalue weighted by Gasteiger charge is 2.26. The highest BCUT2D eigenvalue weighted by molar-refractivity contribution is 5.88. The predicted molar refractivity (Wildman–Crippen MR) is 116 cm³/mol. The normalized spacial score (nSPS) is 11.6. The van der Waals surface area contributed by atoms with Crippen molar-refractivity contribution < 1.29 is 14.3 Å². The van der Waals surface area contributed by atoms with Gasteiger partial charge in [0.2, 0.25) is 11.8 Å². The minimum absolute atomic E-state index is 0.0726. The van der Waals surface area contributed by atoms with Crippen LogP contribution in [0, 0.1) is 6.92 Å². The molecule has 0 spiro atoms. The van der Waals surface area contributed by atoms with Crippen molar-refractivity contribution in [3.05, 3.63) is 65.2 Å². The van der Waals surface area contributed by atoms with Gasteiger partial charge in [-0.05, 0) is 49.1 Å². The predicted octanol–water partition coefficient (Wildman–Crippen LogP) is 3.88. The second kappa shape index (κ2) is 11.2. The number of methoxy groups -OCH3 is 1. The average molecular weight is 397 g/mol. The van der Waals surface area contributed by atoms with Crippen molar-refractivity contribution in [3.63, 3.8) is 0 Å². The molecule has 1 atom stereocenters. The Kier molecular flexibility index (Phi) is 8.71. The van der Waals surface area contributed by atoms with Crippen LogP contribution >= 0.6 is 0 Å². The van der Waals surface area contributed by atoms with E-state index >= 15 is 0 Å². The van der Waals surface area contributed by atoms with Crippen LogP contribution < -0.4 is 10.1 Å². The quantitative estimate of drug-likeness (QED) is 0.620. The van der Waals surface area contributed by atoms with Crippen molar-refractivity contribution >= 4 is 11.8 Å². The van der Waals surface area contributed by atoms with E-state index in [1.165, 1.54) is 0 Å². The summed E-state index contributed by atoms with van der Waals surface area (Å²) in [5.74, 6) is 0.563. The molecule has 2 rings (SSSR count). The molecular weight excluding hydrogens is 364 g/mol. The van der Waals surface area contributed by atoms with Crippen molar-refractivity contribution in [1.29, 1.82) is 0 Å². The zero-order valence-corrected chi connectivity index (χ0v) is 17.9. The molecular formula is C24H32N2O3. The molecule has 0 heterocycles. The average Bonchev–Trinajstić information content (AvgIpc) is 2.73. The van der Waals surface area contributed by atoms with Crippen LogP contribution in [-0.4, -0.2) is 36.4 Å². The molecule has 0 aliphatic rings. The summed E-state index contributed by atoms with van der Waals surface area (Å²) in [5, 5.41) is 2.95. The smallest absolute Gasteiger partial charge is 0.242 e. The van der Waals surface area contributed by atoms with Gasteiger partial charge in [-0.15, -0.1) is 0 Å². The van der Waals surface area contributed by atoms with E-state index in [1.54, 1.807) is 18.9 Å². The van der Waals surface area contributed by atoms with E-state index in [1.807, 2.05) is 55.5 Å². The third kappa shape index (κ3) is 6.63. The third-order valence-corrected chi connectivity index (χ3v) is 5.11. The number of nitrogens with one attached hydrogen (secondary N) is 1. The standard InChI is InChI=1S/C24H32N2O3/c1-5-6-15-25-24(28)19(3)26(17-21-10-8-7-9-18(21)2)23(27)16-20-11-13-22(29-4)14-12-20/h7-14,19H,5-6,15-17H2,1-4H3,(H,25,28). The highest BCUT2D eigenvalue weighted by Crippen LogP contribution is 2.17. The highest BCUT2D eigenvalue weighted by atomic mass is 16.5. The van der Waals surface area contributed by atoms with Crippen LogP contribution in [0.5, 0.6) is 5.75 Å². The number of nitrogens with zero attached hydrogens (tertiary/aromatic N) is 1. The lowest BCUT2D eigenvalue weighted by molar-refractivity contribution is -0.140. The van der Waals surface area contributed by atoms with E-state index in [0.717, 1.165) is 35.3 Å². The third-order valence-electron chi connectivity index (χ3n) is 5.11. The molecule has 2 aromatic rings. The number of rotatable bonds is 10. The van der Waals surface area contributed by atoms with E-state index < -0.39 is 6.04 Å². The number of hydrogen-bond donors (Lipinski definition) is 1. The number of hydrogen-bond acceptors (Lipinski definition) is 3. The lowest BCUT2D eigenvalue weighted by Gasteiger charge is -2.29. The molecule has 0 aliphatic carbocycles. The van der Waals surface area contributed by atoms with Gasteiger partial charge in [-0.25, -0.2) is 0 Å². The van der Waals surface area contributed by atoms with Crippen LogP contribution in [0.2, 0.25) is 0 Å². The number of ether oxygens (including phenoxy) is 1. The molecule has 0 radical (unpaired) electrons. The van der Waals surface area contributed by atoms with Crippen LogP contribution in [0.1, 0.15) is 43.4 Å². The van der Waals surface area contributed by atoms with Crippen molar-refractivity contribution in [2.24, 2.45) is 0 Å². The Morgan fingerprint density at radius 2 is 1.79 bits per heavy atom. The van der Waals surface area contributed by atoms with Gasteiger partial charge in [0.1, 0.15) is 11.8 Å². The van der Waals surface area contributed by atoms with Crippen LogP contribution in [-0.2, 0) is 22.6 Å². The second-order valence-electron chi connectivity index (χ2n) is 7.29. The zero-order chi connectivity index (χ0) is 21.2. The van der Waals surface area contributed by atoms with Crippen LogP contribution in [0.4, 0.5) is 0 Å². The number of unbranched alkanes of at least 4 members (excludes halogenated alkanes) is 1. The first-order chi connectivity index (χ1) is 14.0. The molecule has 0 aliphatic heterocycles. The van der Waals surface area contributed by atoms with Crippen molar-refractivity contribution in [1.82, 2.24) is 10.2 Å². The molecule has 0 saturated heterocycles. The number of carbonyl (C=O) groups excluding carboxylic acids is 2. The summed E-state index contributed by atoms with van der Waals surface area (Å²) in [7, 11) is 1.61. The summed E-state index contributed by atoms with van der Waals surface area (Å²) >= 11 is 0. The Morgan fingerprint density at radius 1 is 1.10 bits per heavy atom.